The van der Waals surface area contributed by atoms with E-state index in [1.807, 2.05) is 18.2 Å². The highest BCUT2D eigenvalue weighted by molar-refractivity contribution is 6.31. The van der Waals surface area contributed by atoms with Crippen molar-refractivity contribution in [1.29, 1.82) is 0 Å². The van der Waals surface area contributed by atoms with E-state index < -0.39 is 4.92 Å². The third-order valence-corrected chi connectivity index (χ3v) is 3.37. The molecule has 0 amide bonds. The molecule has 0 aromatic heterocycles. The zero-order chi connectivity index (χ0) is 14.1. The predicted octanol–water partition coefficient (Wildman–Crippen LogP) is 3.10. The molecule has 1 N–H and O–H groups in total. The van der Waals surface area contributed by atoms with Crippen LogP contribution < -0.4 is 5.43 Å². The van der Waals surface area contributed by atoms with E-state index in [-0.39, 0.29) is 5.69 Å². The highest BCUT2D eigenvalue weighted by atomic mass is 35.5. The Labute approximate surface area is 120 Å². The van der Waals surface area contributed by atoms with Gasteiger partial charge >= 0.3 is 0 Å². The molecule has 2 aromatic rings. The van der Waals surface area contributed by atoms with Gasteiger partial charge in [0.1, 0.15) is 0 Å². The number of non-ortho nitro benzene ring substituents is 1. The number of nitrogens with zero attached hydrogens (tertiary/aromatic N) is 2. The lowest BCUT2D eigenvalue weighted by Gasteiger charge is -2.18. The van der Waals surface area contributed by atoms with Crippen molar-refractivity contribution in [2.24, 2.45) is 5.10 Å². The Morgan fingerprint density at radius 3 is 2.65 bits per heavy atom. The van der Waals surface area contributed by atoms with Gasteiger partial charge in [-0.2, -0.15) is 5.10 Å². The van der Waals surface area contributed by atoms with Crippen molar-refractivity contribution in [2.45, 2.75) is 6.54 Å². The Morgan fingerprint density at radius 1 is 1.20 bits per heavy atom. The lowest BCUT2D eigenvalue weighted by atomic mass is 9.96. The van der Waals surface area contributed by atoms with E-state index in [1.54, 1.807) is 12.1 Å². The van der Waals surface area contributed by atoms with Crippen LogP contribution in [-0.2, 0) is 6.54 Å². The standard InChI is InChI=1S/C14H10ClN3O2/c15-11-4-1-10-8-16-17-14(13(10)7-11)9-2-5-12(6-3-9)18(19)20/h1-7,16H,8H2. The number of halogens is 1. The quantitative estimate of drug-likeness (QED) is 0.681. The average Bonchev–Trinajstić information content (AvgIpc) is 2.46. The van der Waals surface area contributed by atoms with E-state index in [4.69, 9.17) is 11.6 Å². The van der Waals surface area contributed by atoms with Crippen molar-refractivity contribution in [3.63, 3.8) is 0 Å². The summed E-state index contributed by atoms with van der Waals surface area (Å²) in [6.07, 6.45) is 0. The molecule has 0 spiro atoms. The zero-order valence-corrected chi connectivity index (χ0v) is 11.1. The maximum absolute atomic E-state index is 10.7. The number of hydrogen-bond donors (Lipinski definition) is 1. The summed E-state index contributed by atoms with van der Waals surface area (Å²) in [6, 6.07) is 12.0. The number of fused-ring (bicyclic) bond motifs is 1. The minimum absolute atomic E-state index is 0.0597. The Hall–Kier alpha value is -2.40. The van der Waals surface area contributed by atoms with E-state index in [9.17, 15) is 10.1 Å². The van der Waals surface area contributed by atoms with Gasteiger partial charge in [0.2, 0.25) is 0 Å². The normalized spacial score (nSPS) is 13.2. The third-order valence-electron chi connectivity index (χ3n) is 3.14. The van der Waals surface area contributed by atoms with E-state index >= 15 is 0 Å². The van der Waals surface area contributed by atoms with Gasteiger partial charge in [0.15, 0.2) is 0 Å². The monoisotopic (exact) mass is 287 g/mol. The maximum atomic E-state index is 10.7. The summed E-state index contributed by atoms with van der Waals surface area (Å²) in [6.45, 7) is 0.642. The molecule has 1 heterocycles. The number of benzene rings is 2. The van der Waals surface area contributed by atoms with Gasteiger partial charge in [-0.05, 0) is 29.8 Å². The summed E-state index contributed by atoms with van der Waals surface area (Å²) in [4.78, 5) is 10.3. The second-order valence-corrected chi connectivity index (χ2v) is 4.84. The molecule has 2 aromatic carbocycles. The largest absolute Gasteiger partial charge is 0.305 e. The highest BCUT2D eigenvalue weighted by Gasteiger charge is 2.17. The van der Waals surface area contributed by atoms with Crippen LogP contribution in [0.1, 0.15) is 16.7 Å². The van der Waals surface area contributed by atoms with Crippen molar-refractivity contribution in [3.05, 3.63) is 74.3 Å². The first-order valence-corrected chi connectivity index (χ1v) is 6.37. The van der Waals surface area contributed by atoms with Crippen molar-refractivity contribution >= 4 is 23.0 Å². The molecule has 1 aliphatic rings. The average molecular weight is 288 g/mol. The van der Waals surface area contributed by atoms with Crippen molar-refractivity contribution in [2.75, 3.05) is 0 Å². The molecule has 0 unspecified atom stereocenters. The van der Waals surface area contributed by atoms with Crippen LogP contribution in [-0.4, -0.2) is 10.6 Å². The van der Waals surface area contributed by atoms with Crippen molar-refractivity contribution in [3.8, 4) is 0 Å². The molecule has 6 heteroatoms. The van der Waals surface area contributed by atoms with E-state index in [0.717, 1.165) is 22.4 Å². The Morgan fingerprint density at radius 2 is 1.95 bits per heavy atom. The molecule has 0 bridgehead atoms. The highest BCUT2D eigenvalue weighted by Crippen LogP contribution is 2.23. The van der Waals surface area contributed by atoms with Gasteiger partial charge in [0.25, 0.3) is 5.69 Å². The summed E-state index contributed by atoms with van der Waals surface area (Å²) in [7, 11) is 0. The fraction of sp³-hybridized carbons (Fsp3) is 0.0714. The number of nitro groups is 1. The number of nitrogens with one attached hydrogen (secondary N) is 1. The van der Waals surface area contributed by atoms with Gasteiger partial charge in [-0.3, -0.25) is 10.1 Å². The first-order chi connectivity index (χ1) is 9.65. The molecule has 0 fully saturated rings. The van der Waals surface area contributed by atoms with Crippen LogP contribution in [0.4, 0.5) is 5.69 Å². The Kier molecular flexibility index (Phi) is 3.12. The molecule has 1 aliphatic heterocycles. The molecule has 0 atom stereocenters. The first-order valence-electron chi connectivity index (χ1n) is 5.99. The molecule has 100 valence electrons. The summed E-state index contributed by atoms with van der Waals surface area (Å²) in [5, 5.41) is 15.6. The van der Waals surface area contributed by atoms with Crippen LogP contribution in [0, 0.1) is 10.1 Å². The van der Waals surface area contributed by atoms with Crippen molar-refractivity contribution in [1.82, 2.24) is 5.43 Å². The molecule has 0 aliphatic carbocycles. The fourth-order valence-corrected chi connectivity index (χ4v) is 2.32. The van der Waals surface area contributed by atoms with Crippen LogP contribution in [0.2, 0.25) is 5.02 Å². The van der Waals surface area contributed by atoms with Gasteiger partial charge in [-0.15, -0.1) is 0 Å². The minimum Gasteiger partial charge on any atom is -0.305 e. The molecule has 5 nitrogen and oxygen atoms in total. The Bertz CT molecular complexity index is 711. The second-order valence-electron chi connectivity index (χ2n) is 4.40. The molecule has 0 saturated carbocycles. The summed E-state index contributed by atoms with van der Waals surface area (Å²) in [5.74, 6) is 0. The molecule has 20 heavy (non-hydrogen) atoms. The number of hydrogen-bond acceptors (Lipinski definition) is 4. The molecule has 3 rings (SSSR count). The van der Waals surface area contributed by atoms with Gasteiger partial charge in [-0.25, -0.2) is 0 Å². The van der Waals surface area contributed by atoms with E-state index in [2.05, 4.69) is 10.5 Å². The lowest BCUT2D eigenvalue weighted by Crippen LogP contribution is -2.21. The summed E-state index contributed by atoms with van der Waals surface area (Å²) in [5.41, 5.74) is 6.61. The third kappa shape index (κ3) is 2.23. The molecule has 0 saturated heterocycles. The van der Waals surface area contributed by atoms with Crippen molar-refractivity contribution < 1.29 is 4.92 Å². The topological polar surface area (TPSA) is 67.5 Å². The van der Waals surface area contributed by atoms with Crippen LogP contribution in [0.5, 0.6) is 0 Å². The molecule has 0 radical (unpaired) electrons. The summed E-state index contributed by atoms with van der Waals surface area (Å²) >= 11 is 6.03. The zero-order valence-electron chi connectivity index (χ0n) is 10.3. The van der Waals surface area contributed by atoms with Gasteiger partial charge in [-0.1, -0.05) is 17.7 Å². The van der Waals surface area contributed by atoms with E-state index in [0.29, 0.717) is 11.6 Å². The van der Waals surface area contributed by atoms with E-state index in [1.165, 1.54) is 12.1 Å². The van der Waals surface area contributed by atoms with Crippen LogP contribution in [0.3, 0.4) is 0 Å². The fourth-order valence-electron chi connectivity index (χ4n) is 2.15. The van der Waals surface area contributed by atoms with Gasteiger partial charge in [0, 0.05) is 28.3 Å². The smallest absolute Gasteiger partial charge is 0.269 e. The lowest BCUT2D eigenvalue weighted by molar-refractivity contribution is -0.384. The maximum Gasteiger partial charge on any atom is 0.269 e. The number of rotatable bonds is 2. The SMILES string of the molecule is O=[N+]([O-])c1ccc(C2=NNCc3ccc(Cl)cc32)cc1. The predicted molar refractivity (Wildman–Crippen MR) is 77.0 cm³/mol. The van der Waals surface area contributed by atoms with Gasteiger partial charge in [0.05, 0.1) is 17.2 Å². The number of hydrazone groups is 1. The molecular formula is C14H10ClN3O2. The number of nitro benzene ring substituents is 1. The van der Waals surface area contributed by atoms with Gasteiger partial charge < -0.3 is 5.43 Å². The Balaban J connectivity index is 2.05. The minimum atomic E-state index is -0.421. The van der Waals surface area contributed by atoms with Crippen LogP contribution in [0.15, 0.2) is 47.6 Å². The van der Waals surface area contributed by atoms with Crippen LogP contribution in [0.25, 0.3) is 0 Å². The first kappa shape index (κ1) is 12.6. The summed E-state index contributed by atoms with van der Waals surface area (Å²) < 4.78 is 0. The van der Waals surface area contributed by atoms with Crippen LogP contribution >= 0.6 is 11.6 Å². The second kappa shape index (κ2) is 4.94. The molecular weight excluding hydrogens is 278 g/mol.